The fraction of sp³-hybridized carbons (Fsp3) is 0.500. The van der Waals surface area contributed by atoms with Gasteiger partial charge in [0.2, 0.25) is 0 Å². The van der Waals surface area contributed by atoms with E-state index in [9.17, 15) is 0 Å². The van der Waals surface area contributed by atoms with Crippen LogP contribution < -0.4 is 5.32 Å². The summed E-state index contributed by atoms with van der Waals surface area (Å²) < 4.78 is 0. The third-order valence-electron chi connectivity index (χ3n) is 3.57. The molecule has 3 atom stereocenters. The fourth-order valence-corrected chi connectivity index (χ4v) is 2.81. The summed E-state index contributed by atoms with van der Waals surface area (Å²) in [6, 6.07) is 10.2. The first-order chi connectivity index (χ1) is 6.36. The van der Waals surface area contributed by atoms with Crippen LogP contribution in [-0.2, 0) is 0 Å². The summed E-state index contributed by atoms with van der Waals surface area (Å²) in [5, 5.41) is 3.71. The molecule has 0 radical (unpaired) electrons. The van der Waals surface area contributed by atoms with E-state index < -0.39 is 0 Å². The molecule has 0 aliphatic carbocycles. The van der Waals surface area contributed by atoms with Crippen LogP contribution >= 0.6 is 0 Å². The molecule has 1 aromatic rings. The minimum absolute atomic E-state index is 0.634. The van der Waals surface area contributed by atoms with E-state index in [1.807, 2.05) is 0 Å². The van der Waals surface area contributed by atoms with Crippen LogP contribution in [0.15, 0.2) is 24.3 Å². The summed E-state index contributed by atoms with van der Waals surface area (Å²) in [7, 11) is 0. The van der Waals surface area contributed by atoms with Gasteiger partial charge in [0.25, 0.3) is 0 Å². The van der Waals surface area contributed by atoms with Crippen molar-refractivity contribution in [2.24, 2.45) is 5.92 Å². The largest absolute Gasteiger partial charge is 0.303 e. The minimum atomic E-state index is 0.634. The number of rotatable bonds is 0. The van der Waals surface area contributed by atoms with Gasteiger partial charge in [-0.3, -0.25) is 0 Å². The second-order valence-electron chi connectivity index (χ2n) is 4.38. The van der Waals surface area contributed by atoms with Gasteiger partial charge in [-0.1, -0.05) is 31.2 Å². The highest BCUT2D eigenvalue weighted by Crippen LogP contribution is 2.45. The fourth-order valence-electron chi connectivity index (χ4n) is 2.81. The Morgan fingerprint density at radius 1 is 1.15 bits per heavy atom. The van der Waals surface area contributed by atoms with Crippen molar-refractivity contribution < 1.29 is 0 Å². The minimum Gasteiger partial charge on any atom is -0.303 e. The number of piperidine rings is 1. The first-order valence-electron chi connectivity index (χ1n) is 5.21. The number of nitrogens with one attached hydrogen (secondary N) is 1. The Balaban J connectivity index is 2.13. The topological polar surface area (TPSA) is 12.0 Å². The molecule has 1 fully saturated rings. The van der Waals surface area contributed by atoms with E-state index in [4.69, 9.17) is 0 Å². The molecule has 0 aromatic heterocycles. The molecule has 1 nitrogen and oxygen atoms in total. The van der Waals surface area contributed by atoms with E-state index in [-0.39, 0.29) is 0 Å². The van der Waals surface area contributed by atoms with Crippen LogP contribution in [0.3, 0.4) is 0 Å². The maximum absolute atomic E-state index is 3.71. The van der Waals surface area contributed by atoms with E-state index in [1.54, 1.807) is 11.1 Å². The molecule has 68 valence electrons. The van der Waals surface area contributed by atoms with Crippen molar-refractivity contribution in [3.63, 3.8) is 0 Å². The second kappa shape index (κ2) is 2.58. The lowest BCUT2D eigenvalue weighted by Gasteiger charge is -2.27. The van der Waals surface area contributed by atoms with Crippen molar-refractivity contribution in [2.45, 2.75) is 31.8 Å². The van der Waals surface area contributed by atoms with E-state index in [0.29, 0.717) is 12.1 Å². The standard InChI is InChI=1S/C12H15N/c1-8-6-7-11-9-4-2-3-5-10(9)12(8)13-11/h2-5,8,11-13H,6-7H2,1H3/t8-,11?,12?/m0/s1. The van der Waals surface area contributed by atoms with Gasteiger partial charge in [-0.25, -0.2) is 0 Å². The Bertz CT molecular complexity index is 332. The van der Waals surface area contributed by atoms with Gasteiger partial charge in [0.15, 0.2) is 0 Å². The van der Waals surface area contributed by atoms with Gasteiger partial charge in [-0.05, 0) is 29.9 Å². The molecule has 2 bridgehead atoms. The van der Waals surface area contributed by atoms with Crippen LogP contribution in [0.25, 0.3) is 0 Å². The average molecular weight is 173 g/mol. The number of benzene rings is 1. The first-order valence-corrected chi connectivity index (χ1v) is 5.21. The van der Waals surface area contributed by atoms with Crippen molar-refractivity contribution >= 4 is 0 Å². The van der Waals surface area contributed by atoms with Crippen LogP contribution in [0.5, 0.6) is 0 Å². The predicted octanol–water partition coefficient (Wildman–Crippen LogP) is 2.80. The molecule has 1 saturated heterocycles. The molecule has 13 heavy (non-hydrogen) atoms. The Morgan fingerprint density at radius 2 is 1.92 bits per heavy atom. The lowest BCUT2D eigenvalue weighted by Crippen LogP contribution is -2.28. The van der Waals surface area contributed by atoms with Crippen molar-refractivity contribution in [1.29, 1.82) is 0 Å². The van der Waals surface area contributed by atoms with Crippen molar-refractivity contribution in [3.8, 4) is 0 Å². The Kier molecular flexibility index (Phi) is 1.50. The summed E-state index contributed by atoms with van der Waals surface area (Å²) in [6.07, 6.45) is 2.69. The maximum atomic E-state index is 3.71. The quantitative estimate of drug-likeness (QED) is 0.636. The van der Waals surface area contributed by atoms with Gasteiger partial charge in [-0.2, -0.15) is 0 Å². The normalized spacial score (nSPS) is 35.9. The SMILES string of the molecule is C[C@H]1CCC2NC1c1ccccc12. The molecule has 3 rings (SSSR count). The zero-order valence-electron chi connectivity index (χ0n) is 7.96. The van der Waals surface area contributed by atoms with Crippen molar-refractivity contribution in [2.75, 3.05) is 0 Å². The van der Waals surface area contributed by atoms with Gasteiger partial charge in [0, 0.05) is 12.1 Å². The van der Waals surface area contributed by atoms with Crippen LogP contribution in [0.2, 0.25) is 0 Å². The van der Waals surface area contributed by atoms with Crippen LogP contribution in [0, 0.1) is 5.92 Å². The zero-order chi connectivity index (χ0) is 8.84. The predicted molar refractivity (Wildman–Crippen MR) is 53.5 cm³/mol. The highest BCUT2D eigenvalue weighted by atomic mass is 15.0. The number of hydrogen-bond donors (Lipinski definition) is 1. The third kappa shape index (κ3) is 0.969. The zero-order valence-corrected chi connectivity index (χ0v) is 7.96. The van der Waals surface area contributed by atoms with E-state index in [0.717, 1.165) is 5.92 Å². The van der Waals surface area contributed by atoms with E-state index >= 15 is 0 Å². The molecule has 2 aliphatic heterocycles. The molecule has 0 saturated carbocycles. The molecular weight excluding hydrogens is 158 g/mol. The molecule has 2 unspecified atom stereocenters. The first kappa shape index (κ1) is 7.57. The maximum Gasteiger partial charge on any atom is 0.0354 e. The Hall–Kier alpha value is -0.820. The Labute approximate surface area is 79.2 Å². The summed E-state index contributed by atoms with van der Waals surface area (Å²) in [4.78, 5) is 0. The summed E-state index contributed by atoms with van der Waals surface area (Å²) in [5.74, 6) is 0.805. The Morgan fingerprint density at radius 3 is 2.77 bits per heavy atom. The van der Waals surface area contributed by atoms with Gasteiger partial charge >= 0.3 is 0 Å². The van der Waals surface area contributed by atoms with Crippen LogP contribution in [0.1, 0.15) is 43.0 Å². The molecular formula is C12H15N. The third-order valence-corrected chi connectivity index (χ3v) is 3.57. The lowest BCUT2D eigenvalue weighted by molar-refractivity contribution is 0.281. The summed E-state index contributed by atoms with van der Waals surface area (Å²) >= 11 is 0. The molecule has 2 heterocycles. The highest BCUT2D eigenvalue weighted by Gasteiger charge is 2.36. The molecule has 0 spiro atoms. The van der Waals surface area contributed by atoms with Crippen LogP contribution in [-0.4, -0.2) is 0 Å². The van der Waals surface area contributed by atoms with Crippen molar-refractivity contribution in [1.82, 2.24) is 5.32 Å². The molecule has 0 amide bonds. The lowest BCUT2D eigenvalue weighted by atomic mass is 9.92. The molecule has 1 N–H and O–H groups in total. The smallest absolute Gasteiger partial charge is 0.0354 e. The summed E-state index contributed by atoms with van der Waals surface area (Å²) in [6.45, 7) is 2.36. The second-order valence-corrected chi connectivity index (χ2v) is 4.38. The molecule has 1 aromatic carbocycles. The highest BCUT2D eigenvalue weighted by molar-refractivity contribution is 5.38. The summed E-state index contributed by atoms with van der Waals surface area (Å²) in [5.41, 5.74) is 3.11. The van der Waals surface area contributed by atoms with E-state index in [2.05, 4.69) is 36.5 Å². The van der Waals surface area contributed by atoms with Crippen LogP contribution in [0.4, 0.5) is 0 Å². The number of fused-ring (bicyclic) bond motifs is 5. The van der Waals surface area contributed by atoms with Crippen molar-refractivity contribution in [3.05, 3.63) is 35.4 Å². The molecule has 1 heteroatoms. The van der Waals surface area contributed by atoms with Gasteiger partial charge < -0.3 is 5.32 Å². The average Bonchev–Trinajstić information content (AvgIpc) is 2.48. The van der Waals surface area contributed by atoms with E-state index in [1.165, 1.54) is 12.8 Å². The van der Waals surface area contributed by atoms with Gasteiger partial charge in [0.1, 0.15) is 0 Å². The monoisotopic (exact) mass is 173 g/mol. The van der Waals surface area contributed by atoms with Gasteiger partial charge in [-0.15, -0.1) is 0 Å². The molecule has 2 aliphatic rings. The van der Waals surface area contributed by atoms with Gasteiger partial charge in [0.05, 0.1) is 0 Å². The number of hydrogen-bond acceptors (Lipinski definition) is 1.